The van der Waals surface area contributed by atoms with Crippen molar-refractivity contribution < 1.29 is 9.47 Å². The average Bonchev–Trinajstić information content (AvgIpc) is 2.90. The molecule has 5 heteroatoms. The van der Waals surface area contributed by atoms with Crippen molar-refractivity contribution in [1.82, 2.24) is 15.1 Å². The van der Waals surface area contributed by atoms with E-state index in [4.69, 9.17) is 9.47 Å². The Labute approximate surface area is 129 Å². The smallest absolute Gasteiger partial charge is 0.161 e. The van der Waals surface area contributed by atoms with Crippen LogP contribution in [-0.2, 0) is 4.74 Å². The van der Waals surface area contributed by atoms with Crippen LogP contribution in [-0.4, -0.2) is 36.1 Å². The minimum atomic E-state index is -0.260. The Bertz CT molecular complexity index is 425. The fraction of sp³-hybridized carbons (Fsp3) is 0.812. The maximum absolute atomic E-state index is 6.18. The zero-order valence-corrected chi connectivity index (χ0v) is 14.6. The molecular formula is C16H31N3O2. The number of hydrogen-bond donors (Lipinski definition) is 1. The lowest BCUT2D eigenvalue weighted by Gasteiger charge is -2.40. The molecule has 0 fully saturated rings. The first-order valence-corrected chi connectivity index (χ1v) is 7.93. The fourth-order valence-corrected chi connectivity index (χ4v) is 3.08. The van der Waals surface area contributed by atoms with Crippen LogP contribution in [0.2, 0.25) is 0 Å². The summed E-state index contributed by atoms with van der Waals surface area (Å²) < 4.78 is 13.7. The third kappa shape index (κ3) is 3.40. The van der Waals surface area contributed by atoms with Crippen LogP contribution in [0.25, 0.3) is 0 Å². The highest BCUT2D eigenvalue weighted by Crippen LogP contribution is 2.39. The molecule has 0 saturated heterocycles. The largest absolute Gasteiger partial charge is 0.493 e. The van der Waals surface area contributed by atoms with E-state index in [0.29, 0.717) is 6.61 Å². The van der Waals surface area contributed by atoms with Gasteiger partial charge in [-0.25, -0.2) is 0 Å². The zero-order chi connectivity index (χ0) is 16.0. The summed E-state index contributed by atoms with van der Waals surface area (Å²) in [5.41, 5.74) is 0.802. The number of nitrogens with zero attached hydrogens (tertiary/aromatic N) is 2. The third-order valence-electron chi connectivity index (χ3n) is 4.22. The Kier molecular flexibility index (Phi) is 6.68. The van der Waals surface area contributed by atoms with Gasteiger partial charge in [0.1, 0.15) is 5.69 Å². The average molecular weight is 297 g/mol. The van der Waals surface area contributed by atoms with Crippen LogP contribution in [0.5, 0.6) is 5.75 Å². The zero-order valence-electron chi connectivity index (χ0n) is 14.6. The molecule has 0 aliphatic heterocycles. The molecule has 0 aliphatic rings. The van der Waals surface area contributed by atoms with E-state index in [0.717, 1.165) is 24.3 Å². The van der Waals surface area contributed by atoms with Crippen molar-refractivity contribution in [3.05, 3.63) is 11.9 Å². The van der Waals surface area contributed by atoms with Crippen LogP contribution in [0.3, 0.4) is 0 Å². The van der Waals surface area contributed by atoms with Crippen molar-refractivity contribution in [3.63, 3.8) is 0 Å². The van der Waals surface area contributed by atoms with Crippen LogP contribution in [0.4, 0.5) is 0 Å². The molecule has 1 heterocycles. The summed E-state index contributed by atoms with van der Waals surface area (Å²) in [5.74, 6) is 0.814. The summed E-state index contributed by atoms with van der Waals surface area (Å²) >= 11 is 0. The van der Waals surface area contributed by atoms with E-state index in [-0.39, 0.29) is 17.7 Å². The van der Waals surface area contributed by atoms with E-state index >= 15 is 0 Å². The number of likely N-dealkylation sites (N-methyl/N-ethyl adjacent to an activating group) is 1. The van der Waals surface area contributed by atoms with E-state index in [1.807, 2.05) is 18.7 Å². The van der Waals surface area contributed by atoms with Gasteiger partial charge in [-0.2, -0.15) is 5.10 Å². The first kappa shape index (κ1) is 18.0. The van der Waals surface area contributed by atoms with Crippen molar-refractivity contribution in [2.24, 2.45) is 0 Å². The van der Waals surface area contributed by atoms with Crippen molar-refractivity contribution in [3.8, 4) is 5.75 Å². The topological polar surface area (TPSA) is 48.3 Å². The van der Waals surface area contributed by atoms with Crippen LogP contribution in [0, 0.1) is 0 Å². The Morgan fingerprint density at radius 3 is 2.29 bits per heavy atom. The highest BCUT2D eigenvalue weighted by atomic mass is 16.5. The minimum absolute atomic E-state index is 0.0345. The molecule has 0 bridgehead atoms. The van der Waals surface area contributed by atoms with Crippen LogP contribution < -0.4 is 10.1 Å². The van der Waals surface area contributed by atoms with Gasteiger partial charge in [-0.15, -0.1) is 0 Å². The van der Waals surface area contributed by atoms with E-state index in [2.05, 4.69) is 38.1 Å². The van der Waals surface area contributed by atoms with E-state index in [9.17, 15) is 0 Å². The summed E-state index contributed by atoms with van der Waals surface area (Å²) in [5, 5.41) is 7.93. The monoisotopic (exact) mass is 297 g/mol. The number of ether oxygens (including phenoxy) is 2. The molecule has 1 unspecified atom stereocenters. The molecule has 0 radical (unpaired) electrons. The first-order chi connectivity index (χ1) is 10.0. The lowest BCUT2D eigenvalue weighted by Crippen LogP contribution is -2.45. The van der Waals surface area contributed by atoms with Crippen molar-refractivity contribution >= 4 is 0 Å². The molecule has 21 heavy (non-hydrogen) atoms. The van der Waals surface area contributed by atoms with Gasteiger partial charge in [0.25, 0.3) is 0 Å². The van der Waals surface area contributed by atoms with Crippen LogP contribution in [0.1, 0.15) is 65.2 Å². The van der Waals surface area contributed by atoms with Crippen LogP contribution in [0.15, 0.2) is 6.20 Å². The van der Waals surface area contributed by atoms with Crippen molar-refractivity contribution in [2.45, 2.75) is 65.1 Å². The van der Waals surface area contributed by atoms with Gasteiger partial charge >= 0.3 is 0 Å². The van der Waals surface area contributed by atoms with Gasteiger partial charge in [0.15, 0.2) is 5.75 Å². The molecule has 0 aliphatic carbocycles. The maximum atomic E-state index is 6.18. The van der Waals surface area contributed by atoms with Gasteiger partial charge in [0.05, 0.1) is 24.9 Å². The van der Waals surface area contributed by atoms with Gasteiger partial charge in [0, 0.05) is 12.6 Å². The van der Waals surface area contributed by atoms with E-state index < -0.39 is 0 Å². The predicted octanol–water partition coefficient (Wildman–Crippen LogP) is 3.33. The normalized spacial score (nSPS) is 13.7. The summed E-state index contributed by atoms with van der Waals surface area (Å²) in [6, 6.07) is 0.306. The van der Waals surface area contributed by atoms with Gasteiger partial charge in [-0.3, -0.25) is 4.68 Å². The maximum Gasteiger partial charge on any atom is 0.161 e. The van der Waals surface area contributed by atoms with Gasteiger partial charge in [-0.1, -0.05) is 13.8 Å². The highest BCUT2D eigenvalue weighted by molar-refractivity contribution is 5.31. The molecule has 0 aromatic carbocycles. The highest BCUT2D eigenvalue weighted by Gasteiger charge is 2.40. The minimum Gasteiger partial charge on any atom is -0.493 e. The number of nitrogens with one attached hydrogen (secondary N) is 1. The van der Waals surface area contributed by atoms with E-state index in [1.54, 1.807) is 13.3 Å². The molecule has 0 amide bonds. The molecule has 1 atom stereocenters. The molecule has 1 rings (SSSR count). The Balaban J connectivity index is 3.40. The van der Waals surface area contributed by atoms with E-state index in [1.165, 1.54) is 0 Å². The summed E-state index contributed by atoms with van der Waals surface area (Å²) in [4.78, 5) is 0. The third-order valence-corrected chi connectivity index (χ3v) is 4.22. The molecule has 1 aromatic heterocycles. The number of rotatable bonds is 9. The van der Waals surface area contributed by atoms with Gasteiger partial charge in [0.2, 0.25) is 0 Å². The fourth-order valence-electron chi connectivity index (χ4n) is 3.08. The standard InChI is InChI=1S/C16H31N3O2/c1-8-16(9-2,21-10-3)15(17-6)14-13(20-7)11-18-19(14)12(4)5/h11-12,15,17H,8-10H2,1-7H3. The second-order valence-electron chi connectivity index (χ2n) is 5.56. The second kappa shape index (κ2) is 7.80. The first-order valence-electron chi connectivity index (χ1n) is 7.93. The Hall–Kier alpha value is -1.07. The lowest BCUT2D eigenvalue weighted by molar-refractivity contribution is -0.0741. The molecule has 5 nitrogen and oxygen atoms in total. The van der Waals surface area contributed by atoms with Crippen molar-refractivity contribution in [2.75, 3.05) is 20.8 Å². The molecule has 122 valence electrons. The van der Waals surface area contributed by atoms with Gasteiger partial charge in [-0.05, 0) is 40.7 Å². The summed E-state index contributed by atoms with van der Waals surface area (Å²) in [6.45, 7) is 11.3. The summed E-state index contributed by atoms with van der Waals surface area (Å²) in [7, 11) is 3.67. The second-order valence-corrected chi connectivity index (χ2v) is 5.56. The molecule has 1 N–H and O–H groups in total. The molecule has 0 saturated carbocycles. The number of aromatic nitrogens is 2. The molecule has 1 aromatic rings. The number of methoxy groups -OCH3 is 1. The van der Waals surface area contributed by atoms with Gasteiger partial charge < -0.3 is 14.8 Å². The van der Waals surface area contributed by atoms with Crippen LogP contribution >= 0.6 is 0 Å². The predicted molar refractivity (Wildman–Crippen MR) is 85.9 cm³/mol. The SMILES string of the molecule is CCOC(CC)(CC)C(NC)c1c(OC)cnn1C(C)C. The quantitative estimate of drug-likeness (QED) is 0.759. The van der Waals surface area contributed by atoms with Crippen molar-refractivity contribution in [1.29, 1.82) is 0 Å². The summed E-state index contributed by atoms with van der Waals surface area (Å²) in [6.07, 6.45) is 3.65. The lowest BCUT2D eigenvalue weighted by atomic mass is 9.85. The molecular weight excluding hydrogens is 266 g/mol. The Morgan fingerprint density at radius 2 is 1.90 bits per heavy atom. The number of hydrogen-bond acceptors (Lipinski definition) is 4. The molecule has 0 spiro atoms. The Morgan fingerprint density at radius 1 is 1.29 bits per heavy atom.